The number of sulfone groups is 1. The number of rotatable bonds is 10. The van der Waals surface area contributed by atoms with E-state index in [1.54, 1.807) is 6.92 Å². The predicted octanol–water partition coefficient (Wildman–Crippen LogP) is 2.95. The van der Waals surface area contributed by atoms with Gasteiger partial charge in [-0.3, -0.25) is 0 Å². The van der Waals surface area contributed by atoms with E-state index in [-0.39, 0.29) is 17.5 Å². The van der Waals surface area contributed by atoms with Gasteiger partial charge in [-0.1, -0.05) is 32.0 Å². The highest BCUT2D eigenvalue weighted by Crippen LogP contribution is 2.28. The second-order valence-corrected chi connectivity index (χ2v) is 7.43. The molecule has 120 valence electrons. The highest BCUT2D eigenvalue weighted by atomic mass is 32.2. The second-order valence-electron chi connectivity index (χ2n) is 4.96. The molecule has 0 aliphatic heterocycles. The molecule has 0 bridgehead atoms. The summed E-state index contributed by atoms with van der Waals surface area (Å²) in [6.45, 7) is 7.18. The molecular weight excluding hydrogens is 286 g/mol. The van der Waals surface area contributed by atoms with E-state index in [4.69, 9.17) is 4.74 Å². The Labute approximate surface area is 128 Å². The average Bonchev–Trinajstić information content (AvgIpc) is 2.47. The van der Waals surface area contributed by atoms with Crippen molar-refractivity contribution in [2.45, 2.75) is 39.7 Å². The molecule has 1 atom stereocenters. The lowest BCUT2D eigenvalue weighted by Crippen LogP contribution is -2.22. The van der Waals surface area contributed by atoms with E-state index in [1.165, 1.54) is 0 Å². The van der Waals surface area contributed by atoms with Crippen molar-refractivity contribution in [1.82, 2.24) is 5.32 Å². The molecule has 1 rings (SSSR count). The van der Waals surface area contributed by atoms with Crippen LogP contribution in [0, 0.1) is 0 Å². The molecular formula is C16H27NO3S. The first-order valence-corrected chi connectivity index (χ1v) is 9.51. The molecule has 21 heavy (non-hydrogen) atoms. The number of ether oxygens (including phenoxy) is 1. The highest BCUT2D eigenvalue weighted by Gasteiger charge is 2.16. The zero-order chi connectivity index (χ0) is 15.7. The van der Waals surface area contributed by atoms with Crippen LogP contribution in [-0.4, -0.2) is 33.1 Å². The minimum absolute atomic E-state index is 0.129. The van der Waals surface area contributed by atoms with E-state index in [2.05, 4.69) is 12.2 Å². The molecule has 1 aromatic rings. The smallest absolute Gasteiger partial charge is 0.150 e. The summed E-state index contributed by atoms with van der Waals surface area (Å²) in [7, 11) is -2.89. The zero-order valence-electron chi connectivity index (χ0n) is 13.3. The standard InChI is InChI=1S/C16H27NO3S/c1-4-17-15(11-9-13-21(18,19)6-3)14-10-7-8-12-16(14)20-5-2/h7-8,10,12,15,17H,4-6,9,11,13H2,1-3H3. The largest absolute Gasteiger partial charge is 0.494 e. The summed E-state index contributed by atoms with van der Waals surface area (Å²) in [4.78, 5) is 0. The minimum atomic E-state index is -2.89. The Bertz CT molecular complexity index is 514. The van der Waals surface area contributed by atoms with E-state index < -0.39 is 9.84 Å². The Balaban J connectivity index is 2.77. The first kappa shape index (κ1) is 18.0. The topological polar surface area (TPSA) is 55.4 Å². The van der Waals surface area contributed by atoms with Gasteiger partial charge in [-0.05, 0) is 32.4 Å². The molecule has 1 unspecified atom stereocenters. The zero-order valence-corrected chi connectivity index (χ0v) is 14.1. The van der Waals surface area contributed by atoms with E-state index in [0.29, 0.717) is 13.0 Å². The molecule has 0 heterocycles. The summed E-state index contributed by atoms with van der Waals surface area (Å²) < 4.78 is 28.9. The van der Waals surface area contributed by atoms with Gasteiger partial charge in [0.25, 0.3) is 0 Å². The monoisotopic (exact) mass is 313 g/mol. The van der Waals surface area contributed by atoms with Crippen molar-refractivity contribution in [3.05, 3.63) is 29.8 Å². The normalized spacial score (nSPS) is 13.1. The molecule has 0 aliphatic carbocycles. The Hall–Kier alpha value is -1.07. The first-order valence-electron chi connectivity index (χ1n) is 7.69. The van der Waals surface area contributed by atoms with Crippen molar-refractivity contribution in [3.8, 4) is 5.75 Å². The molecule has 0 fully saturated rings. The summed E-state index contributed by atoms with van der Waals surface area (Å²) in [5, 5.41) is 3.43. The molecule has 0 saturated carbocycles. The molecule has 5 heteroatoms. The number of para-hydroxylation sites is 1. The molecule has 0 radical (unpaired) electrons. The van der Waals surface area contributed by atoms with E-state index in [0.717, 1.165) is 24.3 Å². The van der Waals surface area contributed by atoms with E-state index in [9.17, 15) is 8.42 Å². The fourth-order valence-electron chi connectivity index (χ4n) is 2.32. The Morgan fingerprint density at radius 1 is 1.19 bits per heavy atom. The molecule has 4 nitrogen and oxygen atoms in total. The van der Waals surface area contributed by atoms with Gasteiger partial charge in [0.15, 0.2) is 0 Å². The van der Waals surface area contributed by atoms with Gasteiger partial charge in [0.2, 0.25) is 0 Å². The van der Waals surface area contributed by atoms with Crippen molar-refractivity contribution in [2.75, 3.05) is 24.7 Å². The SMILES string of the molecule is CCNC(CCCS(=O)(=O)CC)c1ccccc1OCC. The maximum atomic E-state index is 11.6. The van der Waals surface area contributed by atoms with Gasteiger partial charge in [-0.2, -0.15) is 0 Å². The Kier molecular flexibility index (Phi) is 7.75. The maximum Gasteiger partial charge on any atom is 0.150 e. The van der Waals surface area contributed by atoms with Crippen LogP contribution in [-0.2, 0) is 9.84 Å². The molecule has 1 aromatic carbocycles. The number of hydrogen-bond acceptors (Lipinski definition) is 4. The lowest BCUT2D eigenvalue weighted by Gasteiger charge is -2.21. The van der Waals surface area contributed by atoms with Crippen LogP contribution in [0.5, 0.6) is 5.75 Å². The second kappa shape index (κ2) is 9.05. The number of nitrogens with one attached hydrogen (secondary N) is 1. The van der Waals surface area contributed by atoms with Gasteiger partial charge < -0.3 is 10.1 Å². The van der Waals surface area contributed by atoms with E-state index in [1.807, 2.05) is 31.2 Å². The van der Waals surface area contributed by atoms with Gasteiger partial charge in [0, 0.05) is 17.4 Å². The van der Waals surface area contributed by atoms with Crippen molar-refractivity contribution in [3.63, 3.8) is 0 Å². The van der Waals surface area contributed by atoms with Crippen LogP contribution < -0.4 is 10.1 Å². The summed E-state index contributed by atoms with van der Waals surface area (Å²) in [5.41, 5.74) is 1.11. The molecule has 0 aromatic heterocycles. The Morgan fingerprint density at radius 2 is 1.90 bits per heavy atom. The quantitative estimate of drug-likeness (QED) is 0.721. The van der Waals surface area contributed by atoms with Gasteiger partial charge in [0.1, 0.15) is 15.6 Å². The Morgan fingerprint density at radius 3 is 2.52 bits per heavy atom. The number of benzene rings is 1. The third-order valence-electron chi connectivity index (χ3n) is 3.43. The molecule has 0 amide bonds. The molecule has 0 spiro atoms. The van der Waals surface area contributed by atoms with Crippen molar-refractivity contribution >= 4 is 9.84 Å². The third-order valence-corrected chi connectivity index (χ3v) is 5.22. The van der Waals surface area contributed by atoms with Gasteiger partial charge in [-0.25, -0.2) is 8.42 Å². The summed E-state index contributed by atoms with van der Waals surface area (Å²) in [6.07, 6.45) is 1.45. The first-order chi connectivity index (χ1) is 10.0. The van der Waals surface area contributed by atoms with Crippen LogP contribution in [0.2, 0.25) is 0 Å². The fourth-order valence-corrected chi connectivity index (χ4v) is 3.22. The summed E-state index contributed by atoms with van der Waals surface area (Å²) >= 11 is 0. The van der Waals surface area contributed by atoms with Crippen LogP contribution >= 0.6 is 0 Å². The summed E-state index contributed by atoms with van der Waals surface area (Å²) in [5.74, 6) is 1.35. The number of hydrogen-bond donors (Lipinski definition) is 1. The van der Waals surface area contributed by atoms with Crippen LogP contribution in [0.1, 0.15) is 45.2 Å². The third kappa shape index (κ3) is 6.06. The highest BCUT2D eigenvalue weighted by molar-refractivity contribution is 7.91. The van der Waals surface area contributed by atoms with Crippen molar-refractivity contribution < 1.29 is 13.2 Å². The lowest BCUT2D eigenvalue weighted by atomic mass is 10.0. The van der Waals surface area contributed by atoms with Gasteiger partial charge in [-0.15, -0.1) is 0 Å². The van der Waals surface area contributed by atoms with Crippen LogP contribution in [0.15, 0.2) is 24.3 Å². The van der Waals surface area contributed by atoms with Crippen LogP contribution in [0.4, 0.5) is 0 Å². The molecule has 0 saturated heterocycles. The fraction of sp³-hybridized carbons (Fsp3) is 0.625. The van der Waals surface area contributed by atoms with E-state index >= 15 is 0 Å². The van der Waals surface area contributed by atoms with Gasteiger partial charge >= 0.3 is 0 Å². The summed E-state index contributed by atoms with van der Waals surface area (Å²) in [6, 6.07) is 8.09. The molecule has 1 N–H and O–H groups in total. The predicted molar refractivity (Wildman–Crippen MR) is 87.6 cm³/mol. The van der Waals surface area contributed by atoms with Crippen LogP contribution in [0.3, 0.4) is 0 Å². The average molecular weight is 313 g/mol. The minimum Gasteiger partial charge on any atom is -0.494 e. The van der Waals surface area contributed by atoms with Gasteiger partial charge in [0.05, 0.1) is 12.4 Å². The van der Waals surface area contributed by atoms with Crippen LogP contribution in [0.25, 0.3) is 0 Å². The van der Waals surface area contributed by atoms with Crippen molar-refractivity contribution in [2.24, 2.45) is 0 Å². The molecule has 0 aliphatic rings. The van der Waals surface area contributed by atoms with Crippen molar-refractivity contribution in [1.29, 1.82) is 0 Å². The maximum absolute atomic E-state index is 11.6. The lowest BCUT2D eigenvalue weighted by molar-refractivity contribution is 0.330.